The normalized spacial score (nSPS) is 15.3. The first-order valence-corrected chi connectivity index (χ1v) is 5.52. The number of Topliss-reactive ketones (excluding diaryl/α,β-unsaturated/α-hetero) is 1. The Bertz CT molecular complexity index is 464. The maximum atomic E-state index is 11.4. The third kappa shape index (κ3) is 2.30. The summed E-state index contributed by atoms with van der Waals surface area (Å²) in [5, 5.41) is 0. The van der Waals surface area contributed by atoms with E-state index in [0.29, 0.717) is 12.2 Å². The van der Waals surface area contributed by atoms with E-state index in [1.54, 1.807) is 19.1 Å². The first kappa shape index (κ1) is 11.6. The minimum atomic E-state index is -0.643. The van der Waals surface area contributed by atoms with Gasteiger partial charge in [-0.15, -0.1) is 0 Å². The predicted molar refractivity (Wildman–Crippen MR) is 61.2 cm³/mol. The van der Waals surface area contributed by atoms with Crippen molar-refractivity contribution in [3.8, 4) is 5.75 Å². The van der Waals surface area contributed by atoms with E-state index in [4.69, 9.17) is 4.74 Å². The summed E-state index contributed by atoms with van der Waals surface area (Å²) in [6.07, 6.45) is 0.665. The topological polar surface area (TPSA) is 52.6 Å². The number of carbonyl (C=O) groups is 2. The van der Waals surface area contributed by atoms with Crippen LogP contribution in [-0.2, 0) is 16.0 Å². The first-order chi connectivity index (χ1) is 8.11. The molecule has 0 amide bonds. The zero-order valence-corrected chi connectivity index (χ0v) is 9.86. The SMILES string of the molecule is COC(=O)C(C)Oc1ccc2c(c1)CCC2=O. The zero-order valence-electron chi connectivity index (χ0n) is 9.86. The molecule has 0 bridgehead atoms. The lowest BCUT2D eigenvalue weighted by Gasteiger charge is -2.13. The molecule has 0 fully saturated rings. The highest BCUT2D eigenvalue weighted by Crippen LogP contribution is 2.26. The van der Waals surface area contributed by atoms with Crippen molar-refractivity contribution < 1.29 is 19.1 Å². The lowest BCUT2D eigenvalue weighted by atomic mass is 10.1. The summed E-state index contributed by atoms with van der Waals surface area (Å²) in [5.74, 6) is 0.352. The molecule has 2 rings (SSSR count). The lowest BCUT2D eigenvalue weighted by Crippen LogP contribution is -2.24. The Labute approximate surface area is 99.5 Å². The van der Waals surface area contributed by atoms with Crippen LogP contribution in [-0.4, -0.2) is 25.0 Å². The number of esters is 1. The Kier molecular flexibility index (Phi) is 3.13. The standard InChI is InChI=1S/C13H14O4/c1-8(13(15)16-2)17-10-4-5-11-9(7-10)3-6-12(11)14/h4-5,7-8H,3,6H2,1-2H3. The van der Waals surface area contributed by atoms with Gasteiger partial charge in [-0.05, 0) is 37.1 Å². The second-order valence-corrected chi connectivity index (χ2v) is 4.03. The Morgan fingerprint density at radius 1 is 1.35 bits per heavy atom. The van der Waals surface area contributed by atoms with Gasteiger partial charge in [0, 0.05) is 12.0 Å². The fourth-order valence-electron chi connectivity index (χ4n) is 1.92. The van der Waals surface area contributed by atoms with E-state index in [9.17, 15) is 9.59 Å². The Hall–Kier alpha value is -1.84. The summed E-state index contributed by atoms with van der Waals surface area (Å²) in [5.41, 5.74) is 1.76. The number of rotatable bonds is 3. The van der Waals surface area contributed by atoms with E-state index < -0.39 is 12.1 Å². The highest BCUT2D eigenvalue weighted by molar-refractivity contribution is 6.00. The molecular weight excluding hydrogens is 220 g/mol. The minimum Gasteiger partial charge on any atom is -0.479 e. The Balaban J connectivity index is 2.14. The van der Waals surface area contributed by atoms with E-state index in [1.165, 1.54) is 7.11 Å². The smallest absolute Gasteiger partial charge is 0.346 e. The van der Waals surface area contributed by atoms with Gasteiger partial charge < -0.3 is 9.47 Å². The van der Waals surface area contributed by atoms with Gasteiger partial charge in [-0.2, -0.15) is 0 Å². The van der Waals surface area contributed by atoms with Gasteiger partial charge in [0.2, 0.25) is 0 Å². The van der Waals surface area contributed by atoms with Crippen LogP contribution in [0.3, 0.4) is 0 Å². The number of ketones is 1. The molecule has 0 aromatic heterocycles. The van der Waals surface area contributed by atoms with Crippen LogP contribution in [0.5, 0.6) is 5.75 Å². The summed E-state index contributed by atoms with van der Waals surface area (Å²) in [7, 11) is 1.32. The number of benzene rings is 1. The highest BCUT2D eigenvalue weighted by atomic mass is 16.6. The summed E-state index contributed by atoms with van der Waals surface area (Å²) in [6, 6.07) is 5.28. The Morgan fingerprint density at radius 2 is 2.12 bits per heavy atom. The van der Waals surface area contributed by atoms with Crippen LogP contribution < -0.4 is 4.74 Å². The van der Waals surface area contributed by atoms with E-state index in [1.807, 2.05) is 6.07 Å². The molecule has 4 heteroatoms. The van der Waals surface area contributed by atoms with Crippen molar-refractivity contribution in [3.05, 3.63) is 29.3 Å². The lowest BCUT2D eigenvalue weighted by molar-refractivity contribution is -0.147. The maximum absolute atomic E-state index is 11.4. The predicted octanol–water partition coefficient (Wildman–Crippen LogP) is 1.76. The molecule has 4 nitrogen and oxygen atoms in total. The van der Waals surface area contributed by atoms with Crippen LogP contribution in [0.25, 0.3) is 0 Å². The average molecular weight is 234 g/mol. The molecular formula is C13H14O4. The van der Waals surface area contributed by atoms with Gasteiger partial charge in [0.1, 0.15) is 5.75 Å². The van der Waals surface area contributed by atoms with Crippen LogP contribution in [0.15, 0.2) is 18.2 Å². The second-order valence-electron chi connectivity index (χ2n) is 4.03. The van der Waals surface area contributed by atoms with Gasteiger partial charge in [0.25, 0.3) is 0 Å². The highest BCUT2D eigenvalue weighted by Gasteiger charge is 2.21. The maximum Gasteiger partial charge on any atom is 0.346 e. The van der Waals surface area contributed by atoms with Crippen molar-refractivity contribution in [1.82, 2.24) is 0 Å². The first-order valence-electron chi connectivity index (χ1n) is 5.52. The summed E-state index contributed by atoms with van der Waals surface area (Å²) < 4.78 is 10.0. The van der Waals surface area contributed by atoms with E-state index in [0.717, 1.165) is 17.5 Å². The summed E-state index contributed by atoms with van der Waals surface area (Å²) in [6.45, 7) is 1.63. The monoisotopic (exact) mass is 234 g/mol. The van der Waals surface area contributed by atoms with Gasteiger partial charge in [-0.1, -0.05) is 0 Å². The number of fused-ring (bicyclic) bond motifs is 1. The van der Waals surface area contributed by atoms with Crippen molar-refractivity contribution >= 4 is 11.8 Å². The zero-order chi connectivity index (χ0) is 12.4. The molecule has 1 aromatic carbocycles. The third-order valence-corrected chi connectivity index (χ3v) is 2.84. The summed E-state index contributed by atoms with van der Waals surface area (Å²) in [4.78, 5) is 22.6. The fraction of sp³-hybridized carbons (Fsp3) is 0.385. The fourth-order valence-corrected chi connectivity index (χ4v) is 1.92. The van der Waals surface area contributed by atoms with Gasteiger partial charge in [0.05, 0.1) is 7.11 Å². The van der Waals surface area contributed by atoms with Gasteiger partial charge in [0.15, 0.2) is 11.9 Å². The van der Waals surface area contributed by atoms with Crippen molar-refractivity contribution in [2.24, 2.45) is 0 Å². The quantitative estimate of drug-likeness (QED) is 0.748. The molecule has 1 unspecified atom stereocenters. The molecule has 0 heterocycles. The van der Waals surface area contributed by atoms with Gasteiger partial charge in [-0.25, -0.2) is 4.79 Å². The average Bonchev–Trinajstić information content (AvgIpc) is 2.69. The van der Waals surface area contributed by atoms with Crippen LogP contribution >= 0.6 is 0 Å². The third-order valence-electron chi connectivity index (χ3n) is 2.84. The molecule has 0 spiro atoms. The van der Waals surface area contributed by atoms with Crippen LogP contribution in [0, 0.1) is 0 Å². The minimum absolute atomic E-state index is 0.174. The van der Waals surface area contributed by atoms with Crippen molar-refractivity contribution in [1.29, 1.82) is 0 Å². The summed E-state index contributed by atoms with van der Waals surface area (Å²) >= 11 is 0. The molecule has 0 saturated carbocycles. The van der Waals surface area contributed by atoms with Crippen LogP contribution in [0.2, 0.25) is 0 Å². The Morgan fingerprint density at radius 3 is 2.82 bits per heavy atom. The molecule has 90 valence electrons. The largest absolute Gasteiger partial charge is 0.479 e. The number of ether oxygens (including phenoxy) is 2. The molecule has 0 saturated heterocycles. The molecule has 0 aliphatic heterocycles. The molecule has 1 aliphatic rings. The van der Waals surface area contributed by atoms with E-state index in [-0.39, 0.29) is 5.78 Å². The second kappa shape index (κ2) is 4.57. The van der Waals surface area contributed by atoms with Crippen molar-refractivity contribution in [2.75, 3.05) is 7.11 Å². The van der Waals surface area contributed by atoms with Gasteiger partial charge >= 0.3 is 5.97 Å². The molecule has 0 N–H and O–H groups in total. The molecule has 1 atom stereocenters. The molecule has 17 heavy (non-hydrogen) atoms. The number of aryl methyl sites for hydroxylation is 1. The number of hydrogen-bond donors (Lipinski definition) is 0. The molecule has 1 aliphatic carbocycles. The van der Waals surface area contributed by atoms with E-state index >= 15 is 0 Å². The molecule has 1 aromatic rings. The van der Waals surface area contributed by atoms with Crippen LogP contribution in [0.1, 0.15) is 29.3 Å². The number of methoxy groups -OCH3 is 1. The van der Waals surface area contributed by atoms with E-state index in [2.05, 4.69) is 4.74 Å². The number of carbonyl (C=O) groups excluding carboxylic acids is 2. The number of hydrogen-bond acceptors (Lipinski definition) is 4. The van der Waals surface area contributed by atoms with Crippen LogP contribution in [0.4, 0.5) is 0 Å². The van der Waals surface area contributed by atoms with Gasteiger partial charge in [-0.3, -0.25) is 4.79 Å². The van der Waals surface area contributed by atoms with Crippen molar-refractivity contribution in [3.63, 3.8) is 0 Å². The van der Waals surface area contributed by atoms with Crippen molar-refractivity contribution in [2.45, 2.75) is 25.9 Å². The molecule has 0 radical (unpaired) electrons.